The third kappa shape index (κ3) is 4.99. The Labute approximate surface area is 89.7 Å². The molecule has 84 valence electrons. The van der Waals surface area contributed by atoms with Gasteiger partial charge in [0.1, 0.15) is 0 Å². The summed E-state index contributed by atoms with van der Waals surface area (Å²) in [5, 5.41) is 3.69. The van der Waals surface area contributed by atoms with Gasteiger partial charge in [-0.05, 0) is 38.6 Å². The van der Waals surface area contributed by atoms with Gasteiger partial charge in [0.2, 0.25) is 0 Å². The average molecular weight is 197 g/mol. The highest BCUT2D eigenvalue weighted by Gasteiger charge is 2.13. The first-order valence-corrected chi connectivity index (χ1v) is 6.56. The van der Waals surface area contributed by atoms with Gasteiger partial charge in [-0.3, -0.25) is 0 Å². The van der Waals surface area contributed by atoms with Crippen molar-refractivity contribution < 1.29 is 0 Å². The van der Waals surface area contributed by atoms with Crippen LogP contribution in [-0.4, -0.2) is 12.6 Å². The van der Waals surface area contributed by atoms with Gasteiger partial charge < -0.3 is 5.32 Å². The van der Waals surface area contributed by atoms with E-state index in [2.05, 4.69) is 19.2 Å². The number of hydrogen-bond acceptors (Lipinski definition) is 1. The minimum absolute atomic E-state index is 0.733. The number of nitrogens with one attached hydrogen (secondary N) is 1. The topological polar surface area (TPSA) is 12.0 Å². The molecule has 0 aromatic heterocycles. The lowest BCUT2D eigenvalue weighted by Crippen LogP contribution is -2.31. The van der Waals surface area contributed by atoms with Gasteiger partial charge >= 0.3 is 0 Å². The average Bonchev–Trinajstić information content (AvgIpc) is 2.25. The summed E-state index contributed by atoms with van der Waals surface area (Å²) in [6.45, 7) is 5.87. The van der Waals surface area contributed by atoms with Crippen LogP contribution in [0.4, 0.5) is 0 Å². The van der Waals surface area contributed by atoms with Gasteiger partial charge in [0, 0.05) is 6.04 Å². The summed E-state index contributed by atoms with van der Waals surface area (Å²) in [6, 6.07) is 0.733. The zero-order valence-corrected chi connectivity index (χ0v) is 10.0. The Morgan fingerprint density at radius 3 is 2.57 bits per heavy atom. The summed E-state index contributed by atoms with van der Waals surface area (Å²) in [5.74, 6) is 0.979. The van der Waals surface area contributed by atoms with Gasteiger partial charge in [0.05, 0.1) is 0 Å². The second-order valence-electron chi connectivity index (χ2n) is 4.96. The van der Waals surface area contributed by atoms with E-state index in [1.807, 2.05) is 0 Å². The van der Waals surface area contributed by atoms with Gasteiger partial charge in [-0.15, -0.1) is 0 Å². The predicted molar refractivity (Wildman–Crippen MR) is 63.6 cm³/mol. The number of hydrogen-bond donors (Lipinski definition) is 1. The second-order valence-corrected chi connectivity index (χ2v) is 4.96. The first-order valence-electron chi connectivity index (χ1n) is 6.56. The summed E-state index contributed by atoms with van der Waals surface area (Å²) in [4.78, 5) is 0. The van der Waals surface area contributed by atoms with Crippen molar-refractivity contribution in [3.05, 3.63) is 0 Å². The highest BCUT2D eigenvalue weighted by Crippen LogP contribution is 2.22. The molecule has 1 aliphatic rings. The van der Waals surface area contributed by atoms with Crippen LogP contribution in [0.2, 0.25) is 0 Å². The molecule has 0 heterocycles. The van der Waals surface area contributed by atoms with Crippen molar-refractivity contribution in [2.45, 2.75) is 71.3 Å². The normalized spacial score (nSPS) is 21.0. The SMILES string of the molecule is CCCC[C@H](C)NCC1CCCCC1. The maximum absolute atomic E-state index is 3.69. The van der Waals surface area contributed by atoms with Crippen molar-refractivity contribution in [3.8, 4) is 0 Å². The molecule has 1 nitrogen and oxygen atoms in total. The van der Waals surface area contributed by atoms with Crippen molar-refractivity contribution in [2.75, 3.05) is 6.54 Å². The number of rotatable bonds is 6. The van der Waals surface area contributed by atoms with Crippen LogP contribution in [0.15, 0.2) is 0 Å². The fourth-order valence-corrected chi connectivity index (χ4v) is 2.37. The summed E-state index contributed by atoms with van der Waals surface area (Å²) >= 11 is 0. The molecular weight excluding hydrogens is 170 g/mol. The standard InChI is InChI=1S/C13H27N/c1-3-4-8-12(2)14-11-13-9-6-5-7-10-13/h12-14H,3-11H2,1-2H3/t12-/m0/s1. The molecular formula is C13H27N. The molecule has 1 aliphatic carbocycles. The third-order valence-electron chi connectivity index (χ3n) is 3.47. The Bertz CT molecular complexity index is 127. The van der Waals surface area contributed by atoms with E-state index in [-0.39, 0.29) is 0 Å². The molecule has 0 spiro atoms. The zero-order valence-electron chi connectivity index (χ0n) is 10.0. The lowest BCUT2D eigenvalue weighted by Gasteiger charge is -2.24. The summed E-state index contributed by atoms with van der Waals surface area (Å²) in [7, 11) is 0. The summed E-state index contributed by atoms with van der Waals surface area (Å²) in [5.41, 5.74) is 0. The largest absolute Gasteiger partial charge is 0.314 e. The molecule has 0 unspecified atom stereocenters. The molecule has 0 radical (unpaired) electrons. The van der Waals surface area contributed by atoms with E-state index in [0.29, 0.717) is 0 Å². The van der Waals surface area contributed by atoms with Gasteiger partial charge in [0.15, 0.2) is 0 Å². The first kappa shape index (κ1) is 12.0. The maximum Gasteiger partial charge on any atom is 0.00388 e. The zero-order chi connectivity index (χ0) is 10.2. The van der Waals surface area contributed by atoms with E-state index in [1.165, 1.54) is 57.9 Å². The summed E-state index contributed by atoms with van der Waals surface area (Å²) in [6.07, 6.45) is 11.4. The van der Waals surface area contributed by atoms with Crippen molar-refractivity contribution in [1.82, 2.24) is 5.32 Å². The van der Waals surface area contributed by atoms with E-state index in [1.54, 1.807) is 0 Å². The van der Waals surface area contributed by atoms with Crippen molar-refractivity contribution in [3.63, 3.8) is 0 Å². The quantitative estimate of drug-likeness (QED) is 0.684. The smallest absolute Gasteiger partial charge is 0.00388 e. The molecule has 1 rings (SSSR count). The molecule has 1 atom stereocenters. The fraction of sp³-hybridized carbons (Fsp3) is 1.00. The Morgan fingerprint density at radius 1 is 1.21 bits per heavy atom. The van der Waals surface area contributed by atoms with E-state index in [9.17, 15) is 0 Å². The molecule has 14 heavy (non-hydrogen) atoms. The molecule has 0 aromatic rings. The third-order valence-corrected chi connectivity index (χ3v) is 3.47. The molecule has 0 amide bonds. The van der Waals surface area contributed by atoms with Crippen LogP contribution in [0.3, 0.4) is 0 Å². The van der Waals surface area contributed by atoms with E-state index >= 15 is 0 Å². The monoisotopic (exact) mass is 197 g/mol. The van der Waals surface area contributed by atoms with Gasteiger partial charge in [0.25, 0.3) is 0 Å². The Morgan fingerprint density at radius 2 is 1.93 bits per heavy atom. The second kappa shape index (κ2) is 7.28. The van der Waals surface area contributed by atoms with E-state index in [4.69, 9.17) is 0 Å². The van der Waals surface area contributed by atoms with Gasteiger partial charge in [-0.25, -0.2) is 0 Å². The molecule has 1 fully saturated rings. The van der Waals surface area contributed by atoms with Crippen LogP contribution in [-0.2, 0) is 0 Å². The fourth-order valence-electron chi connectivity index (χ4n) is 2.37. The van der Waals surface area contributed by atoms with Crippen LogP contribution in [0.25, 0.3) is 0 Å². The lowest BCUT2D eigenvalue weighted by atomic mass is 9.89. The van der Waals surface area contributed by atoms with E-state index in [0.717, 1.165) is 12.0 Å². The molecule has 1 heteroatoms. The Kier molecular flexibility index (Phi) is 6.25. The number of unbranched alkanes of at least 4 members (excludes halogenated alkanes) is 1. The van der Waals surface area contributed by atoms with Crippen molar-refractivity contribution >= 4 is 0 Å². The van der Waals surface area contributed by atoms with Crippen LogP contribution < -0.4 is 5.32 Å². The minimum Gasteiger partial charge on any atom is -0.314 e. The molecule has 0 bridgehead atoms. The highest BCUT2D eigenvalue weighted by atomic mass is 14.9. The van der Waals surface area contributed by atoms with Crippen LogP contribution in [0.1, 0.15) is 65.2 Å². The van der Waals surface area contributed by atoms with Crippen LogP contribution in [0, 0.1) is 5.92 Å². The van der Waals surface area contributed by atoms with Crippen LogP contribution >= 0.6 is 0 Å². The molecule has 0 aromatic carbocycles. The van der Waals surface area contributed by atoms with Gasteiger partial charge in [-0.1, -0.05) is 39.0 Å². The Hall–Kier alpha value is -0.0400. The molecule has 1 saturated carbocycles. The first-order chi connectivity index (χ1) is 6.83. The predicted octanol–water partition coefficient (Wildman–Crippen LogP) is 3.74. The van der Waals surface area contributed by atoms with Crippen molar-refractivity contribution in [2.24, 2.45) is 5.92 Å². The summed E-state index contributed by atoms with van der Waals surface area (Å²) < 4.78 is 0. The van der Waals surface area contributed by atoms with Gasteiger partial charge in [-0.2, -0.15) is 0 Å². The van der Waals surface area contributed by atoms with Crippen molar-refractivity contribution in [1.29, 1.82) is 0 Å². The van der Waals surface area contributed by atoms with E-state index < -0.39 is 0 Å². The minimum atomic E-state index is 0.733. The highest BCUT2D eigenvalue weighted by molar-refractivity contribution is 4.70. The maximum atomic E-state index is 3.69. The molecule has 1 N–H and O–H groups in total. The molecule has 0 aliphatic heterocycles. The molecule has 0 saturated heterocycles. The van der Waals surface area contributed by atoms with Crippen LogP contribution in [0.5, 0.6) is 0 Å². The Balaban J connectivity index is 2.00. The lowest BCUT2D eigenvalue weighted by molar-refractivity contribution is 0.326.